The highest BCUT2D eigenvalue weighted by atomic mass is 32.2. The lowest BCUT2D eigenvalue weighted by atomic mass is 10.2. The summed E-state index contributed by atoms with van der Waals surface area (Å²) in [5.74, 6) is -1.81. The maximum atomic E-state index is 12.0. The van der Waals surface area contributed by atoms with Gasteiger partial charge in [-0.2, -0.15) is 23.9 Å². The quantitative estimate of drug-likeness (QED) is 0.0768. The van der Waals surface area contributed by atoms with Crippen molar-refractivity contribution in [3.05, 3.63) is 42.0 Å². The first kappa shape index (κ1) is 33.3. The van der Waals surface area contributed by atoms with E-state index in [1.165, 1.54) is 6.19 Å². The summed E-state index contributed by atoms with van der Waals surface area (Å²) in [4.78, 5) is 33.3. The summed E-state index contributed by atoms with van der Waals surface area (Å²) in [6, 6.07) is 8.33. The minimum atomic E-state index is -4.42. The summed E-state index contributed by atoms with van der Waals surface area (Å²) in [7, 11) is -4.42. The van der Waals surface area contributed by atoms with Crippen LogP contribution >= 0.6 is 11.3 Å². The Balaban J connectivity index is 0.000000436. The molecule has 1 aromatic heterocycles. The van der Waals surface area contributed by atoms with Crippen LogP contribution in [0.1, 0.15) is 5.56 Å². The van der Waals surface area contributed by atoms with Crippen LogP contribution in [-0.2, 0) is 19.7 Å². The fourth-order valence-corrected chi connectivity index (χ4v) is 6.11. The number of guanidine groups is 1. The van der Waals surface area contributed by atoms with E-state index in [1.807, 2.05) is 0 Å². The number of benzene rings is 2. The minimum Gasteiger partial charge on any atom is -0.395 e. The van der Waals surface area contributed by atoms with Crippen molar-refractivity contribution in [1.29, 1.82) is 5.26 Å². The normalized spacial score (nSPS) is 15.2. The Bertz CT molecular complexity index is 1630. The first-order valence-electron chi connectivity index (χ1n) is 12.5. The molecule has 6 N–H and O–H groups in total. The number of aliphatic imine (C=N–C) groups is 1. The Morgan fingerprint density at radius 2 is 1.58 bits per heavy atom. The lowest BCUT2D eigenvalue weighted by Crippen LogP contribution is -2.58. The lowest BCUT2D eigenvalue weighted by molar-refractivity contribution is -0.131. The van der Waals surface area contributed by atoms with E-state index in [-0.39, 0.29) is 30.7 Å². The van der Waals surface area contributed by atoms with Crippen LogP contribution < -0.4 is 10.6 Å². The third-order valence-corrected chi connectivity index (χ3v) is 8.07. The zero-order valence-electron chi connectivity index (χ0n) is 22.7. The number of hydrogen-bond acceptors (Lipinski definition) is 14. The maximum absolute atomic E-state index is 12.0. The molecule has 43 heavy (non-hydrogen) atoms. The van der Waals surface area contributed by atoms with Crippen LogP contribution in [0.5, 0.6) is 0 Å². The molecule has 4 rings (SSSR count). The highest BCUT2D eigenvalue weighted by Gasteiger charge is 2.33. The number of carbonyl (C=O) groups is 2. The second-order valence-corrected chi connectivity index (χ2v) is 11.1. The zero-order valence-corrected chi connectivity index (χ0v) is 24.3. The van der Waals surface area contributed by atoms with E-state index in [4.69, 9.17) is 20.6 Å². The molecule has 228 valence electrons. The molecule has 1 aliphatic rings. The van der Waals surface area contributed by atoms with Gasteiger partial charge in [0, 0.05) is 25.2 Å². The van der Waals surface area contributed by atoms with Crippen LogP contribution in [0.2, 0.25) is 0 Å². The predicted octanol–water partition coefficient (Wildman–Crippen LogP) is 0.319. The van der Waals surface area contributed by atoms with Gasteiger partial charge in [-0.05, 0) is 42.8 Å². The monoisotopic (exact) mass is 632 g/mol. The summed E-state index contributed by atoms with van der Waals surface area (Å²) in [6.45, 7) is 3.34. The molecule has 2 aromatic carbocycles. The summed E-state index contributed by atoms with van der Waals surface area (Å²) in [6.07, 6.45) is 1.45. The first-order chi connectivity index (χ1) is 20.5. The van der Waals surface area contributed by atoms with Crippen molar-refractivity contribution >= 4 is 55.1 Å². The van der Waals surface area contributed by atoms with Gasteiger partial charge in [-0.3, -0.25) is 29.7 Å². The number of thiazole rings is 1. The topological polar surface area (TPSA) is 250 Å². The number of hydrogen-bond donors (Lipinski definition) is 6. The van der Waals surface area contributed by atoms with Crippen LogP contribution in [0.3, 0.4) is 0 Å². The van der Waals surface area contributed by atoms with Crippen molar-refractivity contribution in [2.75, 3.05) is 39.5 Å². The molecule has 2 amide bonds. The highest BCUT2D eigenvalue weighted by molar-refractivity contribution is 7.86. The average Bonchev–Trinajstić information content (AvgIpc) is 3.37. The molecule has 0 aliphatic carbocycles. The van der Waals surface area contributed by atoms with E-state index in [2.05, 4.69) is 30.8 Å². The van der Waals surface area contributed by atoms with Crippen LogP contribution in [0.4, 0.5) is 5.69 Å². The molecule has 0 spiro atoms. The molecular formula is C25H28N8O8S2. The Labute approximate surface area is 249 Å². The molecule has 1 fully saturated rings. The molecule has 0 unspecified atom stereocenters. The fraction of sp³-hybridized carbons (Fsp3) is 0.320. The molecule has 2 heterocycles. The van der Waals surface area contributed by atoms with Gasteiger partial charge in [0.25, 0.3) is 21.9 Å². The minimum absolute atomic E-state index is 0.0694. The fourth-order valence-electron chi connectivity index (χ4n) is 3.80. The van der Waals surface area contributed by atoms with Gasteiger partial charge in [0.2, 0.25) is 18.2 Å². The van der Waals surface area contributed by atoms with Crippen molar-refractivity contribution in [3.63, 3.8) is 0 Å². The SMILES string of the molecule is Cc1ccc2nc(-c3ccc(N=NC4C(=O)NC(=NC#N)NC4=O)cc3)sc2c1S(=O)(=O)O.OCCN(CCO)CCO. The molecule has 0 radical (unpaired) electrons. The molecule has 0 bridgehead atoms. The number of nitrogens with zero attached hydrogens (tertiary/aromatic N) is 6. The van der Waals surface area contributed by atoms with E-state index in [1.54, 1.807) is 48.2 Å². The van der Waals surface area contributed by atoms with E-state index < -0.39 is 28.0 Å². The maximum Gasteiger partial charge on any atom is 0.296 e. The van der Waals surface area contributed by atoms with Crippen LogP contribution in [0.15, 0.2) is 56.5 Å². The standard InChI is InChI=1S/C19H13N7O5S2.C6H15NO3/c1-9-2-7-12-14(15(9)33(29,30)31)32-18(22-12)10-3-5-11(6-4-10)25-26-13-16(27)23-19(21-8-20)24-17(13)28;8-4-1-7(2-5-9)3-6-10/h2-7,13H,1H3,(H,29,30,31)(H2,21,23,24,27,28);8-10H,1-6H2. The highest BCUT2D eigenvalue weighted by Crippen LogP contribution is 2.36. The first-order valence-corrected chi connectivity index (χ1v) is 14.8. The van der Waals surface area contributed by atoms with Crippen molar-refractivity contribution in [2.24, 2.45) is 15.2 Å². The summed E-state index contributed by atoms with van der Waals surface area (Å²) in [5, 5.41) is 46.6. The van der Waals surface area contributed by atoms with E-state index in [0.29, 0.717) is 51.7 Å². The third kappa shape index (κ3) is 8.89. The van der Waals surface area contributed by atoms with Gasteiger partial charge in [0.1, 0.15) is 9.90 Å². The number of aromatic nitrogens is 1. The zero-order chi connectivity index (χ0) is 31.6. The Hall–Kier alpha value is -4.22. The molecular weight excluding hydrogens is 604 g/mol. The van der Waals surface area contributed by atoms with Gasteiger partial charge in [-0.15, -0.1) is 16.3 Å². The van der Waals surface area contributed by atoms with Gasteiger partial charge >= 0.3 is 0 Å². The summed E-state index contributed by atoms with van der Waals surface area (Å²) >= 11 is 1.12. The van der Waals surface area contributed by atoms with Crippen LogP contribution in [-0.4, -0.2) is 101 Å². The molecule has 16 nitrogen and oxygen atoms in total. The Morgan fingerprint density at radius 3 is 2.09 bits per heavy atom. The van der Waals surface area contributed by atoms with Gasteiger partial charge in [-0.1, -0.05) is 6.07 Å². The van der Waals surface area contributed by atoms with Crippen molar-refractivity contribution < 1.29 is 37.9 Å². The number of nitriles is 1. The molecule has 3 aromatic rings. The van der Waals surface area contributed by atoms with E-state index in [9.17, 15) is 22.6 Å². The summed E-state index contributed by atoms with van der Waals surface area (Å²) in [5.41, 5.74) is 1.87. The number of azo groups is 1. The predicted molar refractivity (Wildman–Crippen MR) is 155 cm³/mol. The molecule has 1 aliphatic heterocycles. The number of aliphatic hydroxyl groups excluding tert-OH is 3. The second-order valence-electron chi connectivity index (χ2n) is 8.77. The van der Waals surface area contributed by atoms with Crippen molar-refractivity contribution in [1.82, 2.24) is 20.5 Å². The van der Waals surface area contributed by atoms with Crippen LogP contribution in [0, 0.1) is 18.4 Å². The lowest BCUT2D eigenvalue weighted by Gasteiger charge is -2.18. The third-order valence-electron chi connectivity index (χ3n) is 5.76. The molecule has 0 atom stereocenters. The summed E-state index contributed by atoms with van der Waals surface area (Å²) < 4.78 is 33.5. The number of nitrogens with one attached hydrogen (secondary N) is 2. The smallest absolute Gasteiger partial charge is 0.296 e. The van der Waals surface area contributed by atoms with Crippen molar-refractivity contribution in [3.8, 4) is 16.8 Å². The van der Waals surface area contributed by atoms with Crippen LogP contribution in [0.25, 0.3) is 20.8 Å². The largest absolute Gasteiger partial charge is 0.395 e. The number of rotatable bonds is 10. The van der Waals surface area contributed by atoms with E-state index >= 15 is 0 Å². The second kappa shape index (κ2) is 15.3. The Kier molecular flexibility index (Phi) is 11.8. The van der Waals surface area contributed by atoms with Gasteiger partial charge in [-0.25, -0.2) is 4.98 Å². The Morgan fingerprint density at radius 1 is 1.00 bits per heavy atom. The number of amides is 2. The molecule has 0 saturated carbocycles. The van der Waals surface area contributed by atoms with E-state index in [0.717, 1.165) is 11.3 Å². The van der Waals surface area contributed by atoms with Crippen molar-refractivity contribution in [2.45, 2.75) is 17.9 Å². The van der Waals surface area contributed by atoms with Gasteiger partial charge in [0.05, 0.1) is 35.7 Å². The van der Waals surface area contributed by atoms with Gasteiger partial charge in [0.15, 0.2) is 0 Å². The number of aryl methyl sites for hydroxylation is 1. The average molecular weight is 633 g/mol. The number of carbonyl (C=O) groups excluding carboxylic acids is 2. The number of fused-ring (bicyclic) bond motifs is 1. The van der Waals surface area contributed by atoms with Gasteiger partial charge < -0.3 is 15.3 Å². The molecule has 18 heteroatoms. The molecule has 1 saturated heterocycles. The number of aliphatic hydroxyl groups is 3.